The normalized spacial score (nSPS) is 14.0. The molecule has 0 bridgehead atoms. The van der Waals surface area contributed by atoms with Crippen LogP contribution < -0.4 is 20.3 Å². The lowest BCUT2D eigenvalue weighted by atomic mass is 10.2. The van der Waals surface area contributed by atoms with Crippen LogP contribution in [0, 0.1) is 0 Å². The smallest absolute Gasteiger partial charge is 0.191 e. The minimum Gasteiger partial charge on any atom is -0.489 e. The fourth-order valence-corrected chi connectivity index (χ4v) is 3.21. The fraction of sp³-hybridized carbons (Fsp3) is 0.364. The molecule has 1 fully saturated rings. The number of guanidine groups is 1. The second-order valence-electron chi connectivity index (χ2n) is 6.70. The van der Waals surface area contributed by atoms with Crippen molar-refractivity contribution < 1.29 is 4.74 Å². The molecule has 0 radical (unpaired) electrons. The van der Waals surface area contributed by atoms with Crippen LogP contribution >= 0.6 is 0 Å². The Kier molecular flexibility index (Phi) is 7.29. The van der Waals surface area contributed by atoms with E-state index in [1.165, 1.54) is 18.4 Å². The molecule has 0 saturated carbocycles. The third-order valence-electron chi connectivity index (χ3n) is 4.70. The Bertz CT molecular complexity index is 799. The molecule has 1 saturated heterocycles. The molecule has 1 aromatic carbocycles. The number of nitrogens with zero attached hydrogens (tertiary/aromatic N) is 3. The highest BCUT2D eigenvalue weighted by Gasteiger charge is 2.13. The summed E-state index contributed by atoms with van der Waals surface area (Å²) in [6.45, 7) is 7.71. The average Bonchev–Trinajstić information content (AvgIpc) is 3.28. The molecule has 3 rings (SSSR count). The van der Waals surface area contributed by atoms with Crippen molar-refractivity contribution in [2.24, 2.45) is 4.99 Å². The van der Waals surface area contributed by atoms with Gasteiger partial charge in [-0.25, -0.2) is 4.98 Å². The number of hydrogen-bond acceptors (Lipinski definition) is 4. The first-order chi connectivity index (χ1) is 13.8. The highest BCUT2D eigenvalue weighted by atomic mass is 16.5. The van der Waals surface area contributed by atoms with E-state index in [1.54, 1.807) is 13.1 Å². The number of pyridine rings is 1. The molecule has 1 aromatic heterocycles. The molecule has 0 atom stereocenters. The molecule has 6 heteroatoms. The topological polar surface area (TPSA) is 61.8 Å². The predicted octanol–water partition coefficient (Wildman–Crippen LogP) is 3.11. The van der Waals surface area contributed by atoms with Crippen LogP contribution in [-0.4, -0.2) is 37.7 Å². The van der Waals surface area contributed by atoms with Crippen molar-refractivity contribution in [2.45, 2.75) is 25.9 Å². The van der Waals surface area contributed by atoms with E-state index in [1.807, 2.05) is 36.5 Å². The molecule has 2 aromatic rings. The number of ether oxygens (including phenoxy) is 1. The summed E-state index contributed by atoms with van der Waals surface area (Å²) in [6, 6.07) is 12.2. The summed E-state index contributed by atoms with van der Waals surface area (Å²) < 4.78 is 5.71. The van der Waals surface area contributed by atoms with Gasteiger partial charge in [-0.1, -0.05) is 30.9 Å². The van der Waals surface area contributed by atoms with Gasteiger partial charge in [-0.15, -0.1) is 0 Å². The van der Waals surface area contributed by atoms with Crippen LogP contribution in [0.5, 0.6) is 5.75 Å². The summed E-state index contributed by atoms with van der Waals surface area (Å²) in [5, 5.41) is 6.72. The molecule has 148 valence electrons. The quantitative estimate of drug-likeness (QED) is 0.419. The van der Waals surface area contributed by atoms with Crippen molar-refractivity contribution in [1.82, 2.24) is 15.6 Å². The van der Waals surface area contributed by atoms with Crippen molar-refractivity contribution in [3.63, 3.8) is 0 Å². The summed E-state index contributed by atoms with van der Waals surface area (Å²) in [5.74, 6) is 2.67. The number of rotatable bonds is 8. The van der Waals surface area contributed by atoms with Crippen LogP contribution in [0.3, 0.4) is 0 Å². The summed E-state index contributed by atoms with van der Waals surface area (Å²) in [6.07, 6.45) is 6.13. The van der Waals surface area contributed by atoms with E-state index in [0.717, 1.165) is 36.2 Å². The van der Waals surface area contributed by atoms with E-state index in [0.29, 0.717) is 19.7 Å². The van der Waals surface area contributed by atoms with Crippen LogP contribution in [0.4, 0.5) is 5.82 Å². The van der Waals surface area contributed by atoms with Gasteiger partial charge in [0, 0.05) is 45.0 Å². The van der Waals surface area contributed by atoms with Crippen LogP contribution in [0.1, 0.15) is 24.0 Å². The Balaban J connectivity index is 1.54. The second kappa shape index (κ2) is 10.3. The number of anilines is 1. The van der Waals surface area contributed by atoms with E-state index in [9.17, 15) is 0 Å². The highest BCUT2D eigenvalue weighted by molar-refractivity contribution is 5.79. The lowest BCUT2D eigenvalue weighted by Crippen LogP contribution is -2.36. The van der Waals surface area contributed by atoms with Crippen molar-refractivity contribution in [2.75, 3.05) is 31.6 Å². The maximum Gasteiger partial charge on any atom is 0.191 e. The zero-order valence-corrected chi connectivity index (χ0v) is 16.5. The highest BCUT2D eigenvalue weighted by Crippen LogP contribution is 2.19. The largest absolute Gasteiger partial charge is 0.489 e. The lowest BCUT2D eigenvalue weighted by molar-refractivity contribution is 0.358. The van der Waals surface area contributed by atoms with E-state index >= 15 is 0 Å². The van der Waals surface area contributed by atoms with Crippen molar-refractivity contribution in [3.8, 4) is 5.75 Å². The molecular weight excluding hydrogens is 350 g/mol. The summed E-state index contributed by atoms with van der Waals surface area (Å²) in [4.78, 5) is 11.2. The predicted molar refractivity (Wildman–Crippen MR) is 115 cm³/mol. The van der Waals surface area contributed by atoms with Gasteiger partial charge in [-0.2, -0.15) is 0 Å². The van der Waals surface area contributed by atoms with Crippen LogP contribution in [0.15, 0.2) is 60.2 Å². The zero-order chi connectivity index (χ0) is 19.6. The van der Waals surface area contributed by atoms with Crippen LogP contribution in [0.2, 0.25) is 0 Å². The Labute approximate surface area is 167 Å². The molecule has 6 nitrogen and oxygen atoms in total. The first-order valence-electron chi connectivity index (χ1n) is 9.76. The van der Waals surface area contributed by atoms with Crippen molar-refractivity contribution >= 4 is 11.8 Å². The maximum atomic E-state index is 5.71. The number of aromatic nitrogens is 1. The minimum atomic E-state index is 0.491. The van der Waals surface area contributed by atoms with E-state index in [-0.39, 0.29) is 0 Å². The van der Waals surface area contributed by atoms with Gasteiger partial charge in [-0.3, -0.25) is 4.99 Å². The molecule has 1 aliphatic heterocycles. The number of benzene rings is 1. The zero-order valence-electron chi connectivity index (χ0n) is 16.5. The summed E-state index contributed by atoms with van der Waals surface area (Å²) >= 11 is 0. The first-order valence-corrected chi connectivity index (χ1v) is 9.76. The molecule has 1 aliphatic rings. The van der Waals surface area contributed by atoms with Gasteiger partial charge >= 0.3 is 0 Å². The molecule has 0 amide bonds. The minimum absolute atomic E-state index is 0.491. The van der Waals surface area contributed by atoms with Crippen molar-refractivity contribution in [3.05, 3.63) is 66.4 Å². The van der Waals surface area contributed by atoms with E-state index in [4.69, 9.17) is 4.74 Å². The van der Waals surface area contributed by atoms with Gasteiger partial charge in [0.25, 0.3) is 0 Å². The van der Waals surface area contributed by atoms with E-state index in [2.05, 4.69) is 38.2 Å². The number of hydrogen-bond donors (Lipinski definition) is 2. The lowest BCUT2D eigenvalue weighted by Gasteiger charge is -2.17. The van der Waals surface area contributed by atoms with Crippen LogP contribution in [-0.2, 0) is 13.1 Å². The Morgan fingerprint density at radius 2 is 2.00 bits per heavy atom. The van der Waals surface area contributed by atoms with E-state index < -0.39 is 0 Å². The number of aliphatic imine (C=N–C) groups is 1. The summed E-state index contributed by atoms with van der Waals surface area (Å²) in [7, 11) is 1.78. The van der Waals surface area contributed by atoms with Crippen molar-refractivity contribution in [1.29, 1.82) is 0 Å². The Morgan fingerprint density at radius 1 is 1.21 bits per heavy atom. The standard InChI is InChI=1S/C22H29N5O/c1-3-14-28-20-9-5-4-8-19(20)17-26-22(23-2)25-16-18-10-11-24-21(15-18)27-12-6-7-13-27/h3-5,8-11,15H,1,6-7,12-14,16-17H2,2H3,(H2,23,25,26). The molecule has 0 aliphatic carbocycles. The molecule has 2 heterocycles. The Morgan fingerprint density at radius 3 is 2.79 bits per heavy atom. The second-order valence-corrected chi connectivity index (χ2v) is 6.70. The summed E-state index contributed by atoms with van der Waals surface area (Å²) in [5.41, 5.74) is 2.27. The SMILES string of the molecule is C=CCOc1ccccc1CNC(=NC)NCc1ccnc(N2CCCC2)c1. The van der Waals surface area contributed by atoms with Gasteiger partial charge in [0.15, 0.2) is 5.96 Å². The molecule has 0 spiro atoms. The van der Waals surface area contributed by atoms with Gasteiger partial charge in [0.05, 0.1) is 0 Å². The Hall–Kier alpha value is -3.02. The fourth-order valence-electron chi connectivity index (χ4n) is 3.21. The molecule has 0 unspecified atom stereocenters. The number of para-hydroxylation sites is 1. The molecule has 2 N–H and O–H groups in total. The average molecular weight is 380 g/mol. The van der Waals surface area contributed by atoms with Gasteiger partial charge in [0.1, 0.15) is 18.2 Å². The molecular formula is C22H29N5O. The van der Waals surface area contributed by atoms with Crippen LogP contribution in [0.25, 0.3) is 0 Å². The van der Waals surface area contributed by atoms with Gasteiger partial charge in [0.2, 0.25) is 0 Å². The van der Waals surface area contributed by atoms with Gasteiger partial charge in [-0.05, 0) is 36.6 Å². The number of nitrogens with one attached hydrogen (secondary N) is 2. The third kappa shape index (κ3) is 5.49. The third-order valence-corrected chi connectivity index (χ3v) is 4.70. The monoisotopic (exact) mass is 379 g/mol. The maximum absolute atomic E-state index is 5.71. The molecule has 28 heavy (non-hydrogen) atoms. The van der Waals surface area contributed by atoms with Gasteiger partial charge < -0.3 is 20.3 Å². The first kappa shape index (κ1) is 19.7.